The third-order valence-corrected chi connectivity index (χ3v) is 5.36. The Balaban J connectivity index is 1.99. The van der Waals surface area contributed by atoms with Crippen LogP contribution in [0, 0.1) is 0 Å². The first-order valence-corrected chi connectivity index (χ1v) is 10.1. The van der Waals surface area contributed by atoms with Gasteiger partial charge in [-0.15, -0.1) is 11.3 Å². The van der Waals surface area contributed by atoms with Gasteiger partial charge in [0.15, 0.2) is 0 Å². The molecule has 2 rings (SSSR count). The van der Waals surface area contributed by atoms with Crippen molar-refractivity contribution < 1.29 is 13.2 Å². The molecule has 21 heavy (non-hydrogen) atoms. The van der Waals surface area contributed by atoms with Crippen LogP contribution in [-0.4, -0.2) is 56.6 Å². The third-order valence-electron chi connectivity index (χ3n) is 3.49. The maximum atomic E-state index is 11.3. The molecule has 1 aliphatic heterocycles. The highest BCUT2D eigenvalue weighted by atomic mass is 32.2. The van der Waals surface area contributed by atoms with E-state index in [9.17, 15) is 8.42 Å². The molecule has 0 saturated carbocycles. The van der Waals surface area contributed by atoms with Gasteiger partial charge in [0.2, 0.25) is 0 Å². The van der Waals surface area contributed by atoms with Crippen molar-refractivity contribution >= 4 is 21.2 Å². The van der Waals surface area contributed by atoms with Gasteiger partial charge in [0.1, 0.15) is 20.9 Å². The summed E-state index contributed by atoms with van der Waals surface area (Å²) in [5, 5.41) is 3.08. The van der Waals surface area contributed by atoms with E-state index in [1.54, 1.807) is 11.3 Å². The molecule has 0 aliphatic carbocycles. The standard InChI is InChI=1S/C14H24N2O3S2/c1-14(2,3)12-10-20-13(15-12)11-9-16(5-7-19-11)6-8-21(4,17)18/h10-11H,5-9H2,1-4H3/t11-/m1/s1. The fraction of sp³-hybridized carbons (Fsp3) is 0.786. The van der Waals surface area contributed by atoms with Crippen LogP contribution in [0.4, 0.5) is 0 Å². The van der Waals surface area contributed by atoms with Crippen molar-refractivity contribution in [3.05, 3.63) is 16.1 Å². The highest BCUT2D eigenvalue weighted by Crippen LogP contribution is 2.30. The number of rotatable bonds is 4. The van der Waals surface area contributed by atoms with E-state index in [0.717, 1.165) is 17.2 Å². The zero-order valence-electron chi connectivity index (χ0n) is 13.1. The van der Waals surface area contributed by atoms with Gasteiger partial charge in [-0.05, 0) is 0 Å². The van der Waals surface area contributed by atoms with E-state index in [0.29, 0.717) is 19.7 Å². The fourth-order valence-electron chi connectivity index (χ4n) is 2.13. The van der Waals surface area contributed by atoms with Crippen LogP contribution in [0.15, 0.2) is 5.38 Å². The van der Waals surface area contributed by atoms with Crippen LogP contribution in [0.2, 0.25) is 0 Å². The van der Waals surface area contributed by atoms with Crippen LogP contribution >= 0.6 is 11.3 Å². The van der Waals surface area contributed by atoms with Gasteiger partial charge >= 0.3 is 0 Å². The predicted octanol–water partition coefficient (Wildman–Crippen LogP) is 1.86. The Morgan fingerprint density at radius 3 is 2.76 bits per heavy atom. The van der Waals surface area contributed by atoms with Crippen LogP contribution < -0.4 is 0 Å². The lowest BCUT2D eigenvalue weighted by atomic mass is 9.93. The van der Waals surface area contributed by atoms with E-state index in [2.05, 4.69) is 31.1 Å². The van der Waals surface area contributed by atoms with Crippen LogP contribution in [0.1, 0.15) is 37.6 Å². The Bertz CT molecular complexity index is 575. The summed E-state index contributed by atoms with van der Waals surface area (Å²) in [6.07, 6.45) is 1.24. The second-order valence-electron chi connectivity index (χ2n) is 6.61. The van der Waals surface area contributed by atoms with E-state index < -0.39 is 9.84 Å². The van der Waals surface area contributed by atoms with Gasteiger partial charge in [-0.2, -0.15) is 0 Å². The Labute approximate surface area is 131 Å². The molecule has 0 amide bonds. The summed E-state index contributed by atoms with van der Waals surface area (Å²) in [5.41, 5.74) is 1.12. The number of aromatic nitrogens is 1. The molecule has 0 radical (unpaired) electrons. The fourth-order valence-corrected chi connectivity index (χ4v) is 3.80. The minimum Gasteiger partial charge on any atom is -0.368 e. The summed E-state index contributed by atoms with van der Waals surface area (Å²) in [5.74, 6) is 0.199. The molecule has 0 N–H and O–H groups in total. The summed E-state index contributed by atoms with van der Waals surface area (Å²) in [7, 11) is -2.92. The second-order valence-corrected chi connectivity index (χ2v) is 9.76. The molecule has 120 valence electrons. The van der Waals surface area contributed by atoms with Crippen LogP contribution in [0.5, 0.6) is 0 Å². The normalized spacial score (nSPS) is 21.6. The van der Waals surface area contributed by atoms with Crippen molar-refractivity contribution in [2.24, 2.45) is 0 Å². The van der Waals surface area contributed by atoms with E-state index in [1.807, 2.05) is 0 Å². The lowest BCUT2D eigenvalue weighted by molar-refractivity contribution is -0.0280. The van der Waals surface area contributed by atoms with Gasteiger partial charge in [-0.25, -0.2) is 13.4 Å². The summed E-state index contributed by atoms with van der Waals surface area (Å²) < 4.78 is 28.4. The molecular formula is C14H24N2O3S2. The molecular weight excluding hydrogens is 308 g/mol. The monoisotopic (exact) mass is 332 g/mol. The lowest BCUT2D eigenvalue weighted by Gasteiger charge is -2.31. The van der Waals surface area contributed by atoms with Gasteiger partial charge in [0.25, 0.3) is 0 Å². The average Bonchev–Trinajstić information content (AvgIpc) is 2.85. The number of morpholine rings is 1. The van der Waals surface area contributed by atoms with E-state index >= 15 is 0 Å². The first-order valence-electron chi connectivity index (χ1n) is 7.13. The molecule has 1 fully saturated rings. The summed E-state index contributed by atoms with van der Waals surface area (Å²) in [6.45, 7) is 9.12. The topological polar surface area (TPSA) is 59.5 Å². The predicted molar refractivity (Wildman–Crippen MR) is 85.7 cm³/mol. The van der Waals surface area contributed by atoms with Crippen molar-refractivity contribution in [2.45, 2.75) is 32.3 Å². The van der Waals surface area contributed by atoms with Crippen molar-refractivity contribution in [2.75, 3.05) is 38.2 Å². The zero-order chi connectivity index (χ0) is 15.7. The molecule has 0 spiro atoms. The van der Waals surface area contributed by atoms with Gasteiger partial charge in [0.05, 0.1) is 18.1 Å². The highest BCUT2D eigenvalue weighted by Gasteiger charge is 2.26. The molecule has 0 unspecified atom stereocenters. The first-order chi connectivity index (χ1) is 9.65. The van der Waals surface area contributed by atoms with Gasteiger partial charge in [0, 0.05) is 36.7 Å². The number of hydrogen-bond donors (Lipinski definition) is 0. The highest BCUT2D eigenvalue weighted by molar-refractivity contribution is 7.90. The Hall–Kier alpha value is -0.500. The van der Waals surface area contributed by atoms with Crippen molar-refractivity contribution in [1.82, 2.24) is 9.88 Å². The smallest absolute Gasteiger partial charge is 0.148 e. The number of nitrogens with zero attached hydrogens (tertiary/aromatic N) is 2. The largest absolute Gasteiger partial charge is 0.368 e. The molecule has 1 saturated heterocycles. The zero-order valence-corrected chi connectivity index (χ0v) is 14.8. The molecule has 0 bridgehead atoms. The van der Waals surface area contributed by atoms with Crippen molar-refractivity contribution in [3.8, 4) is 0 Å². The number of thiazole rings is 1. The van der Waals surface area contributed by atoms with Crippen molar-refractivity contribution in [3.63, 3.8) is 0 Å². The number of hydrogen-bond acceptors (Lipinski definition) is 6. The number of sulfone groups is 1. The summed E-state index contributed by atoms with van der Waals surface area (Å²) in [6, 6.07) is 0. The Kier molecular flexibility index (Phi) is 5.07. The van der Waals surface area contributed by atoms with Gasteiger partial charge in [-0.3, -0.25) is 4.90 Å². The van der Waals surface area contributed by atoms with E-state index in [-0.39, 0.29) is 17.3 Å². The molecule has 2 heterocycles. The Morgan fingerprint density at radius 2 is 2.19 bits per heavy atom. The molecule has 7 heteroatoms. The van der Waals surface area contributed by atoms with E-state index in [1.165, 1.54) is 6.26 Å². The molecule has 1 aromatic heterocycles. The molecule has 5 nitrogen and oxygen atoms in total. The molecule has 1 atom stereocenters. The Morgan fingerprint density at radius 1 is 1.48 bits per heavy atom. The van der Waals surface area contributed by atoms with Gasteiger partial charge in [-0.1, -0.05) is 20.8 Å². The maximum Gasteiger partial charge on any atom is 0.148 e. The minimum atomic E-state index is -2.92. The summed E-state index contributed by atoms with van der Waals surface area (Å²) >= 11 is 1.63. The first kappa shape index (κ1) is 16.9. The minimum absolute atomic E-state index is 0.0411. The second kappa shape index (κ2) is 6.32. The molecule has 1 aliphatic rings. The maximum absolute atomic E-state index is 11.3. The summed E-state index contributed by atoms with van der Waals surface area (Å²) in [4.78, 5) is 6.84. The molecule has 0 aromatic carbocycles. The average molecular weight is 332 g/mol. The number of ether oxygens (including phenoxy) is 1. The molecule has 1 aromatic rings. The lowest BCUT2D eigenvalue weighted by Crippen LogP contribution is -2.40. The quantitative estimate of drug-likeness (QED) is 0.842. The van der Waals surface area contributed by atoms with Crippen LogP contribution in [0.25, 0.3) is 0 Å². The van der Waals surface area contributed by atoms with Crippen LogP contribution in [0.3, 0.4) is 0 Å². The van der Waals surface area contributed by atoms with E-state index in [4.69, 9.17) is 9.72 Å². The van der Waals surface area contributed by atoms with Crippen LogP contribution in [-0.2, 0) is 20.0 Å². The van der Waals surface area contributed by atoms with Crippen molar-refractivity contribution in [1.29, 1.82) is 0 Å². The third kappa shape index (κ3) is 5.02. The van der Waals surface area contributed by atoms with Gasteiger partial charge < -0.3 is 4.74 Å². The SMILES string of the molecule is CC(C)(C)c1csc([C@H]2CN(CCS(C)(=O)=O)CCO2)n1.